The van der Waals surface area contributed by atoms with Gasteiger partial charge in [0.05, 0.1) is 5.02 Å². The normalized spacial score (nSPS) is 18.7. The molecule has 1 N–H and O–H groups in total. The first-order valence-electron chi connectivity index (χ1n) is 7.18. The highest BCUT2D eigenvalue weighted by atomic mass is 35.5. The van der Waals surface area contributed by atoms with Crippen LogP contribution in [0.2, 0.25) is 10.0 Å². The first-order chi connectivity index (χ1) is 10.1. The number of nitrogens with zero attached hydrogens (tertiary/aromatic N) is 1. The van der Waals surface area contributed by atoms with Crippen molar-refractivity contribution in [2.45, 2.75) is 25.8 Å². The van der Waals surface area contributed by atoms with Crippen molar-refractivity contribution in [1.82, 2.24) is 10.2 Å². The van der Waals surface area contributed by atoms with Crippen LogP contribution in [0.4, 0.5) is 0 Å². The van der Waals surface area contributed by atoms with Gasteiger partial charge in [0.2, 0.25) is 0 Å². The highest BCUT2D eigenvalue weighted by Gasteiger charge is 2.23. The predicted molar refractivity (Wildman–Crippen MR) is 85.2 cm³/mol. The molecule has 1 atom stereocenters. The third-order valence-electron chi connectivity index (χ3n) is 3.69. The highest BCUT2D eigenvalue weighted by molar-refractivity contribution is 6.35. The van der Waals surface area contributed by atoms with Gasteiger partial charge in [0, 0.05) is 17.6 Å². The number of amides is 1. The zero-order valence-corrected chi connectivity index (χ0v) is 13.6. The molecule has 1 aliphatic heterocycles. The Kier molecular flexibility index (Phi) is 6.15. The van der Waals surface area contributed by atoms with Crippen molar-refractivity contribution in [2.75, 3.05) is 26.2 Å². The summed E-state index contributed by atoms with van der Waals surface area (Å²) in [4.78, 5) is 14.2. The van der Waals surface area contributed by atoms with E-state index in [0.717, 1.165) is 19.5 Å². The van der Waals surface area contributed by atoms with Crippen LogP contribution in [0.1, 0.15) is 19.8 Å². The van der Waals surface area contributed by atoms with Crippen molar-refractivity contribution in [3.8, 4) is 5.75 Å². The van der Waals surface area contributed by atoms with E-state index in [-0.39, 0.29) is 12.5 Å². The summed E-state index contributed by atoms with van der Waals surface area (Å²) in [6, 6.07) is 5.37. The van der Waals surface area contributed by atoms with Crippen LogP contribution in [0.15, 0.2) is 18.2 Å². The molecule has 0 unspecified atom stereocenters. The number of carbonyl (C=O) groups excluding carboxylic acids is 1. The number of hydrogen-bond acceptors (Lipinski definition) is 3. The minimum Gasteiger partial charge on any atom is -0.482 e. The second-order valence-electron chi connectivity index (χ2n) is 5.09. The lowest BCUT2D eigenvalue weighted by molar-refractivity contribution is -0.123. The van der Waals surface area contributed by atoms with Crippen LogP contribution in [0.5, 0.6) is 5.75 Å². The van der Waals surface area contributed by atoms with Crippen molar-refractivity contribution < 1.29 is 9.53 Å². The van der Waals surface area contributed by atoms with Crippen LogP contribution in [0.3, 0.4) is 0 Å². The number of benzene rings is 1. The molecule has 2 rings (SSSR count). The Bertz CT molecular complexity index is 497. The fourth-order valence-electron chi connectivity index (χ4n) is 2.56. The third-order valence-corrected chi connectivity index (χ3v) is 4.22. The fraction of sp³-hybridized carbons (Fsp3) is 0.533. The number of rotatable bonds is 6. The molecule has 1 aromatic rings. The molecule has 1 fully saturated rings. The first kappa shape index (κ1) is 16.4. The summed E-state index contributed by atoms with van der Waals surface area (Å²) in [5, 5.41) is 3.86. The van der Waals surface area contributed by atoms with E-state index in [4.69, 9.17) is 27.9 Å². The monoisotopic (exact) mass is 330 g/mol. The molecule has 0 saturated carbocycles. The van der Waals surface area contributed by atoms with Gasteiger partial charge in [-0.1, -0.05) is 30.1 Å². The van der Waals surface area contributed by atoms with Crippen molar-refractivity contribution in [3.63, 3.8) is 0 Å². The average molecular weight is 331 g/mol. The molecule has 4 nitrogen and oxygen atoms in total. The Labute approximate surface area is 135 Å². The van der Waals surface area contributed by atoms with E-state index in [0.29, 0.717) is 28.4 Å². The molecule has 116 valence electrons. The molecule has 0 radical (unpaired) electrons. The zero-order chi connectivity index (χ0) is 15.2. The topological polar surface area (TPSA) is 41.6 Å². The van der Waals surface area contributed by atoms with Crippen LogP contribution in [-0.2, 0) is 4.79 Å². The molecule has 0 aliphatic carbocycles. The number of likely N-dealkylation sites (tertiary alicyclic amines) is 1. The van der Waals surface area contributed by atoms with Gasteiger partial charge in [-0.15, -0.1) is 0 Å². The third kappa shape index (κ3) is 4.77. The molecule has 0 bridgehead atoms. The van der Waals surface area contributed by atoms with Gasteiger partial charge in [0.25, 0.3) is 5.91 Å². The van der Waals surface area contributed by atoms with Gasteiger partial charge in [-0.05, 0) is 44.1 Å². The smallest absolute Gasteiger partial charge is 0.257 e. The largest absolute Gasteiger partial charge is 0.482 e. The Morgan fingerprint density at radius 3 is 3.00 bits per heavy atom. The fourth-order valence-corrected chi connectivity index (χ4v) is 3.02. The Hall–Kier alpha value is -0.970. The number of hydrogen-bond donors (Lipinski definition) is 1. The molecule has 1 amide bonds. The summed E-state index contributed by atoms with van der Waals surface area (Å²) >= 11 is 11.8. The second kappa shape index (κ2) is 7.87. The van der Waals surface area contributed by atoms with Crippen molar-refractivity contribution in [2.24, 2.45) is 0 Å². The standard InChI is InChI=1S/C15H20Cl2N2O2/c1-2-19-7-3-4-12(19)9-18-15(20)10-21-14-6-5-11(16)8-13(14)17/h5-6,8,12H,2-4,7,9-10H2,1H3,(H,18,20)/t12-/m0/s1. The minimum atomic E-state index is -0.135. The zero-order valence-electron chi connectivity index (χ0n) is 12.1. The number of ether oxygens (including phenoxy) is 1. The highest BCUT2D eigenvalue weighted by Crippen LogP contribution is 2.27. The quantitative estimate of drug-likeness (QED) is 0.871. The van der Waals surface area contributed by atoms with E-state index in [1.807, 2.05) is 0 Å². The van der Waals surface area contributed by atoms with Crippen LogP contribution < -0.4 is 10.1 Å². The van der Waals surface area contributed by atoms with Crippen LogP contribution in [0.25, 0.3) is 0 Å². The lowest BCUT2D eigenvalue weighted by Gasteiger charge is -2.22. The summed E-state index contributed by atoms with van der Waals surface area (Å²) in [7, 11) is 0. The molecular weight excluding hydrogens is 311 g/mol. The first-order valence-corrected chi connectivity index (χ1v) is 7.94. The molecule has 0 spiro atoms. The van der Waals surface area contributed by atoms with E-state index in [9.17, 15) is 4.79 Å². The van der Waals surface area contributed by atoms with Crippen molar-refractivity contribution in [1.29, 1.82) is 0 Å². The van der Waals surface area contributed by atoms with Gasteiger partial charge in [-0.25, -0.2) is 0 Å². The van der Waals surface area contributed by atoms with E-state index in [1.165, 1.54) is 6.42 Å². The summed E-state index contributed by atoms with van der Waals surface area (Å²) in [5.41, 5.74) is 0. The second-order valence-corrected chi connectivity index (χ2v) is 5.94. The Balaban J connectivity index is 1.74. The molecule has 6 heteroatoms. The maximum absolute atomic E-state index is 11.8. The van der Waals surface area contributed by atoms with Crippen LogP contribution in [-0.4, -0.2) is 43.1 Å². The number of nitrogens with one attached hydrogen (secondary N) is 1. The predicted octanol–water partition coefficient (Wildman–Crippen LogP) is 2.97. The van der Waals surface area contributed by atoms with E-state index in [2.05, 4.69) is 17.1 Å². The molecule has 0 aromatic heterocycles. The molecular formula is C15H20Cl2N2O2. The van der Waals surface area contributed by atoms with E-state index >= 15 is 0 Å². The Morgan fingerprint density at radius 1 is 1.48 bits per heavy atom. The van der Waals surface area contributed by atoms with E-state index in [1.54, 1.807) is 18.2 Å². The lowest BCUT2D eigenvalue weighted by Crippen LogP contribution is -2.41. The van der Waals surface area contributed by atoms with Crippen molar-refractivity contribution in [3.05, 3.63) is 28.2 Å². The number of carbonyl (C=O) groups is 1. The molecule has 1 saturated heterocycles. The van der Waals surface area contributed by atoms with Crippen LogP contribution >= 0.6 is 23.2 Å². The summed E-state index contributed by atoms with van der Waals surface area (Å²) in [6.07, 6.45) is 2.34. The molecule has 21 heavy (non-hydrogen) atoms. The number of halogens is 2. The molecule has 1 aliphatic rings. The van der Waals surface area contributed by atoms with Gasteiger partial charge < -0.3 is 10.1 Å². The van der Waals surface area contributed by atoms with Gasteiger partial charge in [-0.2, -0.15) is 0 Å². The number of likely N-dealkylation sites (N-methyl/N-ethyl adjacent to an activating group) is 1. The van der Waals surface area contributed by atoms with Gasteiger partial charge >= 0.3 is 0 Å². The summed E-state index contributed by atoms with van der Waals surface area (Å²) in [5.74, 6) is 0.330. The SMILES string of the molecule is CCN1CCC[C@H]1CNC(=O)COc1ccc(Cl)cc1Cl. The average Bonchev–Trinajstić information content (AvgIpc) is 2.91. The van der Waals surface area contributed by atoms with Crippen molar-refractivity contribution >= 4 is 29.1 Å². The lowest BCUT2D eigenvalue weighted by atomic mass is 10.2. The van der Waals surface area contributed by atoms with Gasteiger partial charge in [0.15, 0.2) is 6.61 Å². The minimum absolute atomic E-state index is 0.0415. The summed E-state index contributed by atoms with van der Waals surface area (Å²) in [6.45, 7) is 4.92. The maximum atomic E-state index is 11.8. The van der Waals surface area contributed by atoms with Gasteiger partial charge in [-0.3, -0.25) is 9.69 Å². The van der Waals surface area contributed by atoms with Crippen LogP contribution in [0, 0.1) is 0 Å². The maximum Gasteiger partial charge on any atom is 0.257 e. The summed E-state index contributed by atoms with van der Waals surface area (Å²) < 4.78 is 5.41. The van der Waals surface area contributed by atoms with Gasteiger partial charge in [0.1, 0.15) is 5.75 Å². The Morgan fingerprint density at radius 2 is 2.29 bits per heavy atom. The van der Waals surface area contributed by atoms with E-state index < -0.39 is 0 Å². The molecule has 1 heterocycles. The molecule has 1 aromatic carbocycles.